The number of benzene rings is 2. The number of hydrogen-bond acceptors (Lipinski definition) is 4. The molecule has 1 aliphatic rings. The summed E-state index contributed by atoms with van der Waals surface area (Å²) in [5.74, 6) is -0.620. The summed E-state index contributed by atoms with van der Waals surface area (Å²) >= 11 is 0. The van der Waals surface area contributed by atoms with E-state index in [1.807, 2.05) is 25.1 Å². The third kappa shape index (κ3) is 4.95. The molecule has 0 unspecified atom stereocenters. The monoisotopic (exact) mass is 431 g/mol. The van der Waals surface area contributed by atoms with Gasteiger partial charge in [0.15, 0.2) is 0 Å². The van der Waals surface area contributed by atoms with E-state index in [1.165, 1.54) is 10.6 Å². The number of hydrogen-bond donors (Lipinski definition) is 2. The maximum Gasteiger partial charge on any atom is 0.267 e. The molecule has 1 aliphatic heterocycles. The first kappa shape index (κ1) is 21.5. The first-order valence-electron chi connectivity index (χ1n) is 10.6. The van der Waals surface area contributed by atoms with Crippen molar-refractivity contribution in [2.75, 3.05) is 18.5 Å². The van der Waals surface area contributed by atoms with Crippen LogP contribution in [0.15, 0.2) is 71.7 Å². The molecule has 2 heterocycles. The summed E-state index contributed by atoms with van der Waals surface area (Å²) in [6.07, 6.45) is 3.51. The largest absolute Gasteiger partial charge is 0.376 e. The zero-order chi connectivity index (χ0) is 22.5. The van der Waals surface area contributed by atoms with Crippen LogP contribution in [0.1, 0.15) is 39.1 Å². The van der Waals surface area contributed by atoms with Crippen LogP contribution in [-0.4, -0.2) is 35.6 Å². The molecule has 164 valence electrons. The maximum absolute atomic E-state index is 12.9. The Morgan fingerprint density at radius 3 is 2.59 bits per heavy atom. The molecule has 7 heteroatoms. The Kier molecular flexibility index (Phi) is 6.47. The van der Waals surface area contributed by atoms with E-state index >= 15 is 0 Å². The summed E-state index contributed by atoms with van der Waals surface area (Å²) in [6.45, 7) is 3.03. The van der Waals surface area contributed by atoms with Crippen molar-refractivity contribution in [2.24, 2.45) is 0 Å². The molecule has 0 radical (unpaired) electrons. The van der Waals surface area contributed by atoms with Crippen molar-refractivity contribution < 1.29 is 14.3 Å². The van der Waals surface area contributed by atoms with E-state index in [-0.39, 0.29) is 17.6 Å². The van der Waals surface area contributed by atoms with E-state index in [0.29, 0.717) is 30.1 Å². The fourth-order valence-corrected chi connectivity index (χ4v) is 3.67. The molecule has 2 N–H and O–H groups in total. The highest BCUT2D eigenvalue weighted by molar-refractivity contribution is 6.04. The predicted molar refractivity (Wildman–Crippen MR) is 122 cm³/mol. The molecule has 3 aromatic rings. The third-order valence-electron chi connectivity index (χ3n) is 5.39. The molecular weight excluding hydrogens is 406 g/mol. The van der Waals surface area contributed by atoms with Gasteiger partial charge in [0.1, 0.15) is 5.56 Å². The van der Waals surface area contributed by atoms with Gasteiger partial charge in [0.05, 0.1) is 6.10 Å². The van der Waals surface area contributed by atoms with E-state index in [2.05, 4.69) is 10.6 Å². The molecular formula is C25H25N3O4. The molecule has 32 heavy (non-hydrogen) atoms. The zero-order valence-corrected chi connectivity index (χ0v) is 17.8. The van der Waals surface area contributed by atoms with Gasteiger partial charge in [0.2, 0.25) is 0 Å². The summed E-state index contributed by atoms with van der Waals surface area (Å²) in [6, 6.07) is 17.4. The van der Waals surface area contributed by atoms with Crippen molar-refractivity contribution in [1.29, 1.82) is 0 Å². The van der Waals surface area contributed by atoms with E-state index in [0.717, 1.165) is 18.4 Å². The Bertz CT molecular complexity index is 1180. The van der Waals surface area contributed by atoms with Gasteiger partial charge in [-0.2, -0.15) is 0 Å². The summed E-state index contributed by atoms with van der Waals surface area (Å²) < 4.78 is 6.92. The second kappa shape index (κ2) is 9.62. The zero-order valence-electron chi connectivity index (χ0n) is 17.8. The Labute approximate surface area is 186 Å². The van der Waals surface area contributed by atoms with Gasteiger partial charge in [-0.25, -0.2) is 0 Å². The van der Waals surface area contributed by atoms with Crippen LogP contribution >= 0.6 is 0 Å². The Morgan fingerprint density at radius 1 is 1.06 bits per heavy atom. The number of aryl methyl sites for hydroxylation is 1. The van der Waals surface area contributed by atoms with Gasteiger partial charge in [-0.3, -0.25) is 19.0 Å². The lowest BCUT2D eigenvalue weighted by Crippen LogP contribution is -2.36. The van der Waals surface area contributed by atoms with Crippen molar-refractivity contribution in [1.82, 2.24) is 9.88 Å². The molecule has 7 nitrogen and oxygen atoms in total. The molecule has 0 bridgehead atoms. The molecule has 0 saturated carbocycles. The van der Waals surface area contributed by atoms with Crippen molar-refractivity contribution in [3.8, 4) is 5.69 Å². The third-order valence-corrected chi connectivity index (χ3v) is 5.39. The van der Waals surface area contributed by atoms with Crippen LogP contribution in [0.4, 0.5) is 5.69 Å². The highest BCUT2D eigenvalue weighted by Gasteiger charge is 2.18. The molecule has 0 spiro atoms. The number of nitrogens with zero attached hydrogens (tertiary/aromatic N) is 1. The molecule has 1 saturated heterocycles. The second-order valence-corrected chi connectivity index (χ2v) is 7.81. The number of pyridine rings is 1. The second-order valence-electron chi connectivity index (χ2n) is 7.81. The van der Waals surface area contributed by atoms with Gasteiger partial charge in [0.25, 0.3) is 17.4 Å². The lowest BCUT2D eigenvalue weighted by Gasteiger charge is -2.12. The van der Waals surface area contributed by atoms with Crippen LogP contribution in [0.2, 0.25) is 0 Å². The van der Waals surface area contributed by atoms with Gasteiger partial charge in [-0.1, -0.05) is 17.7 Å². The van der Waals surface area contributed by atoms with Crippen LogP contribution in [0.25, 0.3) is 5.69 Å². The number of aromatic nitrogens is 1. The van der Waals surface area contributed by atoms with E-state index in [1.54, 1.807) is 42.6 Å². The van der Waals surface area contributed by atoms with Crippen LogP contribution in [0, 0.1) is 6.92 Å². The van der Waals surface area contributed by atoms with Crippen LogP contribution < -0.4 is 16.2 Å². The van der Waals surface area contributed by atoms with Crippen molar-refractivity contribution >= 4 is 17.5 Å². The summed E-state index contributed by atoms with van der Waals surface area (Å²) in [4.78, 5) is 37.8. The number of anilines is 1. The lowest BCUT2D eigenvalue weighted by molar-refractivity contribution is 0.0856. The average Bonchev–Trinajstić information content (AvgIpc) is 3.32. The number of amides is 2. The van der Waals surface area contributed by atoms with Crippen LogP contribution in [0.5, 0.6) is 0 Å². The minimum atomic E-state index is -0.415. The molecule has 2 aromatic carbocycles. The number of carbonyl (C=O) groups is 2. The van der Waals surface area contributed by atoms with Gasteiger partial charge in [-0.15, -0.1) is 0 Å². The van der Waals surface area contributed by atoms with Crippen molar-refractivity contribution in [2.45, 2.75) is 25.9 Å². The Hall–Kier alpha value is -3.71. The fourth-order valence-electron chi connectivity index (χ4n) is 3.67. The predicted octanol–water partition coefficient (Wildman–Crippen LogP) is 3.31. The molecule has 1 fully saturated rings. The highest BCUT2D eigenvalue weighted by Crippen LogP contribution is 2.15. The average molecular weight is 431 g/mol. The number of carbonyl (C=O) groups excluding carboxylic acids is 2. The van der Waals surface area contributed by atoms with E-state index < -0.39 is 11.5 Å². The smallest absolute Gasteiger partial charge is 0.267 e. The summed E-state index contributed by atoms with van der Waals surface area (Å²) in [7, 11) is 0. The van der Waals surface area contributed by atoms with Crippen molar-refractivity contribution in [3.05, 3.63) is 93.9 Å². The Balaban J connectivity index is 1.46. The number of rotatable bonds is 6. The highest BCUT2D eigenvalue weighted by atomic mass is 16.5. The minimum Gasteiger partial charge on any atom is -0.376 e. The standard InChI is InChI=1S/C25H25N3O4/c1-17-5-2-6-18(15-17)23(29)27-19-9-11-20(12-10-19)28-13-3-8-22(25(28)31)24(30)26-16-21-7-4-14-32-21/h2-3,5-6,8-13,15,21H,4,7,14,16H2,1H3,(H,26,30)(H,27,29)/t21-/m0/s1. The van der Waals surface area contributed by atoms with Crippen LogP contribution in [-0.2, 0) is 4.74 Å². The van der Waals surface area contributed by atoms with Crippen LogP contribution in [0.3, 0.4) is 0 Å². The Morgan fingerprint density at radius 2 is 1.88 bits per heavy atom. The van der Waals surface area contributed by atoms with Crippen molar-refractivity contribution in [3.63, 3.8) is 0 Å². The van der Waals surface area contributed by atoms with Gasteiger partial charge < -0.3 is 15.4 Å². The van der Waals surface area contributed by atoms with E-state index in [9.17, 15) is 14.4 Å². The van der Waals surface area contributed by atoms with E-state index in [4.69, 9.17) is 4.74 Å². The van der Waals surface area contributed by atoms with Gasteiger partial charge in [-0.05, 0) is 68.3 Å². The maximum atomic E-state index is 12.9. The molecule has 0 aliphatic carbocycles. The number of ether oxygens (including phenoxy) is 1. The van der Waals surface area contributed by atoms with Gasteiger partial charge in [0, 0.05) is 36.3 Å². The normalized spacial score (nSPS) is 15.3. The molecule has 4 rings (SSSR count). The minimum absolute atomic E-state index is 0.00689. The molecule has 1 aromatic heterocycles. The lowest BCUT2D eigenvalue weighted by atomic mass is 10.1. The SMILES string of the molecule is Cc1cccc(C(=O)Nc2ccc(-n3cccc(C(=O)NC[C@@H]4CCCO4)c3=O)cc2)c1. The fraction of sp³-hybridized carbons (Fsp3) is 0.240. The first-order valence-corrected chi connectivity index (χ1v) is 10.6. The molecule has 1 atom stereocenters. The molecule has 2 amide bonds. The van der Waals surface area contributed by atoms with Gasteiger partial charge >= 0.3 is 0 Å². The number of nitrogens with one attached hydrogen (secondary N) is 2. The summed E-state index contributed by atoms with van der Waals surface area (Å²) in [5, 5.41) is 5.64. The quantitative estimate of drug-likeness (QED) is 0.627. The first-order chi connectivity index (χ1) is 15.5. The topological polar surface area (TPSA) is 89.4 Å². The summed E-state index contributed by atoms with van der Waals surface area (Å²) in [5.41, 5.74) is 2.45.